The van der Waals surface area contributed by atoms with Crippen molar-refractivity contribution in [3.05, 3.63) is 35.1 Å². The molecular formula is C8H8FNaO2S. The Morgan fingerprint density at radius 3 is 2.62 bits per heavy atom. The van der Waals surface area contributed by atoms with Crippen LogP contribution in [-0.2, 0) is 16.8 Å². The van der Waals surface area contributed by atoms with Gasteiger partial charge in [-0.05, 0) is 30.2 Å². The van der Waals surface area contributed by atoms with E-state index in [1.807, 2.05) is 0 Å². The molecule has 5 heteroatoms. The van der Waals surface area contributed by atoms with Crippen LogP contribution in [0.15, 0.2) is 18.2 Å². The first-order chi connectivity index (χ1) is 5.59. The van der Waals surface area contributed by atoms with Gasteiger partial charge < -0.3 is 4.55 Å². The van der Waals surface area contributed by atoms with E-state index in [0.717, 1.165) is 0 Å². The third-order valence-electron chi connectivity index (χ3n) is 1.58. The molecule has 0 aliphatic rings. The first-order valence-corrected chi connectivity index (χ1v) is 4.65. The van der Waals surface area contributed by atoms with E-state index in [4.69, 9.17) is 0 Å². The molecule has 0 N–H and O–H groups in total. The number of aryl methyl sites for hydroxylation is 1. The van der Waals surface area contributed by atoms with Crippen LogP contribution in [0.5, 0.6) is 0 Å². The maximum atomic E-state index is 12.5. The van der Waals surface area contributed by atoms with E-state index in [0.29, 0.717) is 11.1 Å². The van der Waals surface area contributed by atoms with Crippen LogP contribution >= 0.6 is 0 Å². The van der Waals surface area contributed by atoms with Gasteiger partial charge in [0.2, 0.25) is 0 Å². The van der Waals surface area contributed by atoms with Gasteiger partial charge >= 0.3 is 29.6 Å². The Bertz CT molecular complexity index is 317. The predicted octanol–water partition coefficient (Wildman–Crippen LogP) is -1.48. The Morgan fingerprint density at radius 2 is 2.15 bits per heavy atom. The van der Waals surface area contributed by atoms with Crippen molar-refractivity contribution < 1.29 is 42.7 Å². The van der Waals surface area contributed by atoms with Gasteiger partial charge in [-0.25, -0.2) is 4.39 Å². The van der Waals surface area contributed by atoms with Crippen molar-refractivity contribution in [2.75, 3.05) is 0 Å². The van der Waals surface area contributed by atoms with E-state index in [1.165, 1.54) is 18.2 Å². The second-order valence-corrected chi connectivity index (χ2v) is 3.42. The molecule has 0 aliphatic carbocycles. The molecule has 0 radical (unpaired) electrons. The molecule has 0 spiro atoms. The molecule has 0 aliphatic heterocycles. The Labute approximate surface area is 101 Å². The smallest absolute Gasteiger partial charge is 0.772 e. The monoisotopic (exact) mass is 210 g/mol. The first kappa shape index (κ1) is 13.3. The summed E-state index contributed by atoms with van der Waals surface area (Å²) in [7, 11) is 0. The van der Waals surface area contributed by atoms with Crippen molar-refractivity contribution in [2.24, 2.45) is 0 Å². The van der Waals surface area contributed by atoms with Gasteiger partial charge in [0, 0.05) is 5.75 Å². The van der Waals surface area contributed by atoms with Gasteiger partial charge in [-0.1, -0.05) is 17.1 Å². The van der Waals surface area contributed by atoms with E-state index in [-0.39, 0.29) is 41.1 Å². The largest absolute Gasteiger partial charge is 1.00 e. The minimum Gasteiger partial charge on any atom is -0.772 e. The van der Waals surface area contributed by atoms with Crippen molar-refractivity contribution >= 4 is 11.1 Å². The molecular weight excluding hydrogens is 202 g/mol. The van der Waals surface area contributed by atoms with Crippen LogP contribution in [0, 0.1) is 12.7 Å². The van der Waals surface area contributed by atoms with Gasteiger partial charge in [-0.3, -0.25) is 4.21 Å². The standard InChI is InChI=1S/C8H9FO2S.Na/c1-6-4-8(9)3-2-7(6)5-12(10)11;/h2-4H,5H2,1H3,(H,10,11);/q;+1/p-1. The molecule has 0 saturated heterocycles. The maximum Gasteiger partial charge on any atom is 1.00 e. The summed E-state index contributed by atoms with van der Waals surface area (Å²) in [5, 5.41) is 0. The van der Waals surface area contributed by atoms with Gasteiger partial charge in [0.15, 0.2) is 0 Å². The zero-order chi connectivity index (χ0) is 9.14. The second-order valence-electron chi connectivity index (χ2n) is 2.52. The quantitative estimate of drug-likeness (QED) is 0.441. The van der Waals surface area contributed by atoms with Crippen LogP contribution < -0.4 is 29.6 Å². The van der Waals surface area contributed by atoms with Crippen LogP contribution in [0.25, 0.3) is 0 Å². The molecule has 66 valence electrons. The van der Waals surface area contributed by atoms with Crippen molar-refractivity contribution in [3.8, 4) is 0 Å². The van der Waals surface area contributed by atoms with Crippen LogP contribution in [0.4, 0.5) is 4.39 Å². The van der Waals surface area contributed by atoms with Crippen LogP contribution in [0.2, 0.25) is 0 Å². The van der Waals surface area contributed by atoms with E-state index in [9.17, 15) is 13.2 Å². The van der Waals surface area contributed by atoms with Crippen molar-refractivity contribution in [3.63, 3.8) is 0 Å². The first-order valence-electron chi connectivity index (χ1n) is 3.40. The van der Waals surface area contributed by atoms with Crippen molar-refractivity contribution in [1.29, 1.82) is 0 Å². The van der Waals surface area contributed by atoms with Crippen LogP contribution in [0.3, 0.4) is 0 Å². The van der Waals surface area contributed by atoms with Crippen molar-refractivity contribution in [1.82, 2.24) is 0 Å². The van der Waals surface area contributed by atoms with Gasteiger partial charge in [-0.15, -0.1) is 0 Å². The fourth-order valence-electron chi connectivity index (χ4n) is 0.948. The molecule has 1 rings (SSSR count). The Kier molecular flexibility index (Phi) is 6.00. The summed E-state index contributed by atoms with van der Waals surface area (Å²) in [4.78, 5) is 0. The minimum atomic E-state index is -2.11. The molecule has 1 aromatic rings. The fourth-order valence-corrected chi connectivity index (χ4v) is 1.53. The van der Waals surface area contributed by atoms with Gasteiger partial charge in [0.05, 0.1) is 0 Å². The average Bonchev–Trinajstić information content (AvgIpc) is 1.94. The molecule has 0 amide bonds. The third kappa shape index (κ3) is 4.33. The van der Waals surface area contributed by atoms with Crippen LogP contribution in [0.1, 0.15) is 11.1 Å². The average molecular weight is 210 g/mol. The normalized spacial score (nSPS) is 11.9. The zero-order valence-electron chi connectivity index (χ0n) is 7.54. The molecule has 0 saturated carbocycles. The zero-order valence-corrected chi connectivity index (χ0v) is 10.4. The van der Waals surface area contributed by atoms with E-state index in [2.05, 4.69) is 0 Å². The number of halogens is 1. The molecule has 0 bridgehead atoms. The minimum absolute atomic E-state index is 0. The summed E-state index contributed by atoms with van der Waals surface area (Å²) in [6.45, 7) is 1.69. The Balaban J connectivity index is 0.00000144. The van der Waals surface area contributed by atoms with Gasteiger partial charge in [-0.2, -0.15) is 0 Å². The SMILES string of the molecule is Cc1cc(F)ccc1CS(=O)[O-].[Na+]. The van der Waals surface area contributed by atoms with Gasteiger partial charge in [0.25, 0.3) is 0 Å². The van der Waals surface area contributed by atoms with Crippen molar-refractivity contribution in [2.45, 2.75) is 12.7 Å². The fraction of sp³-hybridized carbons (Fsp3) is 0.250. The molecule has 13 heavy (non-hydrogen) atoms. The Morgan fingerprint density at radius 1 is 1.54 bits per heavy atom. The summed E-state index contributed by atoms with van der Waals surface area (Å²) in [6.07, 6.45) is 0. The molecule has 1 aromatic carbocycles. The molecule has 0 aromatic heterocycles. The molecule has 0 heterocycles. The molecule has 1 unspecified atom stereocenters. The summed E-state index contributed by atoms with van der Waals surface area (Å²) < 4.78 is 33.2. The number of benzene rings is 1. The molecule has 0 fully saturated rings. The summed E-state index contributed by atoms with van der Waals surface area (Å²) in [6, 6.07) is 4.07. The topological polar surface area (TPSA) is 40.1 Å². The summed E-state index contributed by atoms with van der Waals surface area (Å²) >= 11 is -2.11. The number of hydrogen-bond acceptors (Lipinski definition) is 2. The Hall–Kier alpha value is 0.260. The molecule has 1 atom stereocenters. The van der Waals surface area contributed by atoms with Crippen LogP contribution in [-0.4, -0.2) is 8.76 Å². The summed E-state index contributed by atoms with van der Waals surface area (Å²) in [5.41, 5.74) is 1.31. The number of hydrogen-bond donors (Lipinski definition) is 0. The second kappa shape index (κ2) is 5.88. The van der Waals surface area contributed by atoms with E-state index in [1.54, 1.807) is 6.92 Å². The van der Waals surface area contributed by atoms with E-state index < -0.39 is 11.1 Å². The molecule has 2 nitrogen and oxygen atoms in total. The van der Waals surface area contributed by atoms with E-state index >= 15 is 0 Å². The predicted molar refractivity (Wildman–Crippen MR) is 43.8 cm³/mol. The number of rotatable bonds is 2. The maximum absolute atomic E-state index is 12.5. The third-order valence-corrected chi connectivity index (χ3v) is 2.12. The van der Waals surface area contributed by atoms with Gasteiger partial charge in [0.1, 0.15) is 5.82 Å². The summed E-state index contributed by atoms with van der Waals surface area (Å²) in [5.74, 6) is -0.389.